The van der Waals surface area contributed by atoms with Gasteiger partial charge >= 0.3 is 0 Å². The van der Waals surface area contributed by atoms with E-state index in [9.17, 15) is 4.79 Å². The Hall–Kier alpha value is -1.42. The van der Waals surface area contributed by atoms with Crippen molar-refractivity contribution in [1.82, 2.24) is 5.32 Å². The zero-order valence-corrected chi connectivity index (χ0v) is 12.0. The SMILES string of the molecule is CC1(CNC(=O)/C=C/c2cccc(N)c2)CCCS1. The van der Waals surface area contributed by atoms with Crippen LogP contribution >= 0.6 is 11.8 Å². The van der Waals surface area contributed by atoms with Gasteiger partial charge in [0.25, 0.3) is 0 Å². The monoisotopic (exact) mass is 276 g/mol. The zero-order valence-electron chi connectivity index (χ0n) is 11.2. The standard InChI is InChI=1S/C15H20N2OS/c1-15(8-3-9-19-15)11-17-14(18)7-6-12-4-2-5-13(16)10-12/h2,4-7,10H,3,8-9,11,16H2,1H3,(H,17,18)/b7-6+. The Labute approximate surface area is 118 Å². The summed E-state index contributed by atoms with van der Waals surface area (Å²) in [5.41, 5.74) is 7.33. The van der Waals surface area contributed by atoms with Crippen molar-refractivity contribution in [3.63, 3.8) is 0 Å². The summed E-state index contributed by atoms with van der Waals surface area (Å²) in [7, 11) is 0. The molecule has 3 N–H and O–H groups in total. The molecule has 1 unspecified atom stereocenters. The molecule has 1 aromatic rings. The third kappa shape index (κ3) is 4.31. The summed E-state index contributed by atoms with van der Waals surface area (Å²) in [6.07, 6.45) is 5.78. The van der Waals surface area contributed by atoms with E-state index in [0.29, 0.717) is 5.69 Å². The van der Waals surface area contributed by atoms with E-state index in [1.807, 2.05) is 36.0 Å². The first-order chi connectivity index (χ1) is 9.07. The number of nitrogens with one attached hydrogen (secondary N) is 1. The number of nitrogens with two attached hydrogens (primary N) is 1. The number of nitrogen functional groups attached to an aromatic ring is 1. The van der Waals surface area contributed by atoms with E-state index in [0.717, 1.165) is 12.1 Å². The highest BCUT2D eigenvalue weighted by atomic mass is 32.2. The van der Waals surface area contributed by atoms with Gasteiger partial charge in [-0.25, -0.2) is 0 Å². The minimum atomic E-state index is -0.0452. The Morgan fingerprint density at radius 2 is 2.42 bits per heavy atom. The Kier molecular flexibility index (Phi) is 4.53. The number of rotatable bonds is 4. The van der Waals surface area contributed by atoms with E-state index in [1.165, 1.54) is 18.6 Å². The van der Waals surface area contributed by atoms with Crippen LogP contribution in [0.3, 0.4) is 0 Å². The molecule has 19 heavy (non-hydrogen) atoms. The second kappa shape index (κ2) is 6.15. The average Bonchev–Trinajstić information content (AvgIpc) is 2.82. The molecular formula is C15H20N2OS. The second-order valence-electron chi connectivity index (χ2n) is 5.12. The largest absolute Gasteiger partial charge is 0.399 e. The molecule has 1 saturated heterocycles. The second-order valence-corrected chi connectivity index (χ2v) is 6.81. The summed E-state index contributed by atoms with van der Waals surface area (Å²) in [5, 5.41) is 2.97. The molecule has 3 nitrogen and oxygen atoms in total. The van der Waals surface area contributed by atoms with Gasteiger partial charge in [0.05, 0.1) is 0 Å². The maximum atomic E-state index is 11.8. The molecule has 0 bridgehead atoms. The normalized spacial score (nSPS) is 22.8. The Morgan fingerprint density at radius 1 is 1.58 bits per heavy atom. The van der Waals surface area contributed by atoms with Gasteiger partial charge in [-0.05, 0) is 49.3 Å². The van der Waals surface area contributed by atoms with E-state index in [4.69, 9.17) is 5.73 Å². The predicted octanol–water partition coefficient (Wildman–Crippen LogP) is 2.68. The Morgan fingerprint density at radius 3 is 3.11 bits per heavy atom. The van der Waals surface area contributed by atoms with E-state index in [-0.39, 0.29) is 10.7 Å². The summed E-state index contributed by atoms with van der Waals surface area (Å²) in [6.45, 7) is 2.95. The van der Waals surface area contributed by atoms with Crippen LogP contribution in [-0.2, 0) is 4.79 Å². The number of anilines is 1. The first-order valence-electron chi connectivity index (χ1n) is 6.53. The van der Waals surface area contributed by atoms with Crippen molar-refractivity contribution in [2.24, 2.45) is 0 Å². The lowest BCUT2D eigenvalue weighted by Crippen LogP contribution is -2.35. The quantitative estimate of drug-likeness (QED) is 0.656. The molecule has 2 rings (SSSR count). The summed E-state index contributed by atoms with van der Waals surface area (Å²) < 4.78 is 0.209. The molecule has 1 atom stereocenters. The van der Waals surface area contributed by atoms with Gasteiger partial charge in [0, 0.05) is 23.1 Å². The minimum Gasteiger partial charge on any atom is -0.399 e. The fraction of sp³-hybridized carbons (Fsp3) is 0.400. The highest BCUT2D eigenvalue weighted by molar-refractivity contribution is 8.00. The molecule has 0 aliphatic carbocycles. The topological polar surface area (TPSA) is 55.1 Å². The third-order valence-corrected chi connectivity index (χ3v) is 4.81. The van der Waals surface area contributed by atoms with Gasteiger partial charge in [0.1, 0.15) is 0 Å². The number of carbonyl (C=O) groups excluding carboxylic acids is 1. The van der Waals surface area contributed by atoms with E-state index in [1.54, 1.807) is 12.2 Å². The van der Waals surface area contributed by atoms with Gasteiger partial charge in [-0.2, -0.15) is 11.8 Å². The summed E-state index contributed by atoms with van der Waals surface area (Å²) >= 11 is 1.95. The van der Waals surface area contributed by atoms with E-state index < -0.39 is 0 Å². The Balaban J connectivity index is 1.84. The number of amides is 1. The van der Waals surface area contributed by atoms with Crippen molar-refractivity contribution in [2.75, 3.05) is 18.0 Å². The third-order valence-electron chi connectivity index (χ3n) is 3.27. The maximum Gasteiger partial charge on any atom is 0.244 e. The first-order valence-corrected chi connectivity index (χ1v) is 7.51. The van der Waals surface area contributed by atoms with Gasteiger partial charge in [-0.1, -0.05) is 12.1 Å². The van der Waals surface area contributed by atoms with Gasteiger partial charge in [0.15, 0.2) is 0 Å². The number of hydrogen-bond acceptors (Lipinski definition) is 3. The van der Waals surface area contributed by atoms with Crippen molar-refractivity contribution >= 4 is 29.4 Å². The molecule has 0 saturated carbocycles. The number of thioether (sulfide) groups is 1. The lowest BCUT2D eigenvalue weighted by atomic mass is 10.1. The molecule has 0 spiro atoms. The van der Waals surface area contributed by atoms with Crippen LogP contribution < -0.4 is 11.1 Å². The van der Waals surface area contributed by atoms with Gasteiger partial charge in [-0.15, -0.1) is 0 Å². The van der Waals surface area contributed by atoms with Crippen LogP contribution in [0.2, 0.25) is 0 Å². The number of benzene rings is 1. The molecule has 1 aromatic carbocycles. The van der Waals surface area contributed by atoms with Crippen molar-refractivity contribution in [2.45, 2.75) is 24.5 Å². The van der Waals surface area contributed by atoms with Crippen molar-refractivity contribution < 1.29 is 4.79 Å². The summed E-state index contributed by atoms with van der Waals surface area (Å²) in [6, 6.07) is 7.48. The van der Waals surface area contributed by atoms with Gasteiger partial charge < -0.3 is 11.1 Å². The maximum absolute atomic E-state index is 11.8. The molecular weight excluding hydrogens is 256 g/mol. The van der Waals surface area contributed by atoms with Crippen LogP contribution in [0.15, 0.2) is 30.3 Å². The fourth-order valence-corrected chi connectivity index (χ4v) is 3.39. The highest BCUT2D eigenvalue weighted by Gasteiger charge is 2.29. The van der Waals surface area contributed by atoms with Crippen LogP contribution in [0.5, 0.6) is 0 Å². The fourth-order valence-electron chi connectivity index (χ4n) is 2.14. The van der Waals surface area contributed by atoms with E-state index in [2.05, 4.69) is 12.2 Å². The molecule has 1 amide bonds. The molecule has 0 radical (unpaired) electrons. The van der Waals surface area contributed by atoms with Crippen LogP contribution in [0.4, 0.5) is 5.69 Å². The average molecular weight is 276 g/mol. The number of hydrogen-bond donors (Lipinski definition) is 2. The molecule has 0 aromatic heterocycles. The van der Waals surface area contributed by atoms with Crippen LogP contribution in [0, 0.1) is 0 Å². The molecule has 1 aliphatic rings. The smallest absolute Gasteiger partial charge is 0.244 e. The van der Waals surface area contributed by atoms with Gasteiger partial charge in [-0.3, -0.25) is 4.79 Å². The van der Waals surface area contributed by atoms with Crippen molar-refractivity contribution in [1.29, 1.82) is 0 Å². The van der Waals surface area contributed by atoms with Crippen LogP contribution in [-0.4, -0.2) is 23.0 Å². The lowest BCUT2D eigenvalue weighted by Gasteiger charge is -2.22. The zero-order chi connectivity index (χ0) is 13.7. The summed E-state index contributed by atoms with van der Waals surface area (Å²) in [4.78, 5) is 11.8. The van der Waals surface area contributed by atoms with Gasteiger partial charge in [0.2, 0.25) is 5.91 Å². The molecule has 1 heterocycles. The lowest BCUT2D eigenvalue weighted by molar-refractivity contribution is -0.116. The highest BCUT2D eigenvalue weighted by Crippen LogP contribution is 2.36. The Bertz CT molecular complexity index is 479. The van der Waals surface area contributed by atoms with Crippen LogP contribution in [0.25, 0.3) is 6.08 Å². The molecule has 1 fully saturated rings. The minimum absolute atomic E-state index is 0.0452. The number of carbonyl (C=O) groups is 1. The molecule has 4 heteroatoms. The van der Waals surface area contributed by atoms with Crippen molar-refractivity contribution in [3.05, 3.63) is 35.9 Å². The van der Waals surface area contributed by atoms with E-state index >= 15 is 0 Å². The van der Waals surface area contributed by atoms with Crippen molar-refractivity contribution in [3.8, 4) is 0 Å². The molecule has 102 valence electrons. The first kappa shape index (κ1) is 14.0. The van der Waals surface area contributed by atoms with Crippen LogP contribution in [0.1, 0.15) is 25.3 Å². The predicted molar refractivity (Wildman–Crippen MR) is 83.0 cm³/mol. The summed E-state index contributed by atoms with van der Waals surface area (Å²) in [5.74, 6) is 1.15. The molecule has 1 aliphatic heterocycles.